The number of amides is 2. The van der Waals surface area contributed by atoms with E-state index in [1.54, 1.807) is 6.33 Å². The van der Waals surface area contributed by atoms with Crippen LogP contribution in [-0.2, 0) is 11.9 Å². The molecule has 31 heavy (non-hydrogen) atoms. The van der Waals surface area contributed by atoms with Gasteiger partial charge in [0.1, 0.15) is 5.52 Å². The molecule has 156 valence electrons. The second kappa shape index (κ2) is 7.85. The Labute approximate surface area is 180 Å². The normalized spacial score (nSPS) is 16.1. The highest BCUT2D eigenvalue weighted by atomic mass is 16.7. The number of fused-ring (bicyclic) bond motifs is 1. The number of carbonyl (C=O) groups excluding carboxylic acids is 1. The molecule has 4 aromatic rings. The number of pyridine rings is 1. The van der Waals surface area contributed by atoms with Crippen molar-refractivity contribution >= 4 is 22.9 Å². The molecular formula is C24H23N5O2. The molecule has 0 radical (unpaired) electrons. The molecule has 1 aliphatic heterocycles. The van der Waals surface area contributed by atoms with E-state index in [0.29, 0.717) is 6.61 Å². The van der Waals surface area contributed by atoms with Crippen molar-refractivity contribution < 1.29 is 9.63 Å². The third kappa shape index (κ3) is 3.64. The number of hydrogen-bond donors (Lipinski definition) is 1. The molecule has 1 saturated heterocycles. The smallest absolute Gasteiger partial charge is 0.318 e. The maximum Gasteiger partial charge on any atom is 0.346 e. The van der Waals surface area contributed by atoms with E-state index in [1.807, 2.05) is 79.2 Å². The van der Waals surface area contributed by atoms with E-state index in [4.69, 9.17) is 9.82 Å². The van der Waals surface area contributed by atoms with Crippen LogP contribution in [0, 0.1) is 6.92 Å². The Morgan fingerprint density at radius 3 is 2.81 bits per heavy atom. The number of urea groups is 1. The summed E-state index contributed by atoms with van der Waals surface area (Å²) in [6, 6.07) is 19.4. The number of hydroxylamine groups is 2. The van der Waals surface area contributed by atoms with E-state index < -0.39 is 0 Å². The topological polar surface area (TPSA) is 72.3 Å². The molecule has 1 fully saturated rings. The third-order valence-corrected chi connectivity index (χ3v) is 5.62. The van der Waals surface area contributed by atoms with E-state index in [2.05, 4.69) is 10.3 Å². The van der Waals surface area contributed by atoms with Crippen LogP contribution in [-0.4, -0.2) is 32.2 Å². The SMILES string of the molecule is Cc1ccc(-c2ccc3ncn(C)c3n2)cc1NC(=O)N1OCC[C@H]1c1ccccc1. The van der Waals surface area contributed by atoms with E-state index in [0.717, 1.165) is 45.7 Å². The van der Waals surface area contributed by atoms with Crippen LogP contribution in [0.3, 0.4) is 0 Å². The molecule has 0 spiro atoms. The number of hydrogen-bond acceptors (Lipinski definition) is 4. The summed E-state index contributed by atoms with van der Waals surface area (Å²) in [5, 5.41) is 4.47. The molecule has 7 nitrogen and oxygen atoms in total. The van der Waals surface area contributed by atoms with Crippen molar-refractivity contribution in [1.29, 1.82) is 0 Å². The lowest BCUT2D eigenvalue weighted by atomic mass is 10.0. The highest BCUT2D eigenvalue weighted by molar-refractivity contribution is 5.91. The zero-order chi connectivity index (χ0) is 21.4. The molecule has 5 rings (SSSR count). The van der Waals surface area contributed by atoms with Crippen LogP contribution in [0.1, 0.15) is 23.6 Å². The first-order chi connectivity index (χ1) is 15.1. The molecule has 7 heteroatoms. The Kier molecular flexibility index (Phi) is 4.88. The molecule has 3 heterocycles. The van der Waals surface area contributed by atoms with Crippen LogP contribution >= 0.6 is 0 Å². The number of imidazole rings is 1. The number of aromatic nitrogens is 3. The molecule has 2 aromatic heterocycles. The van der Waals surface area contributed by atoms with Crippen LogP contribution in [0.2, 0.25) is 0 Å². The average molecular weight is 413 g/mol. The van der Waals surface area contributed by atoms with Crippen LogP contribution in [0.15, 0.2) is 67.0 Å². The Balaban J connectivity index is 1.41. The molecule has 2 amide bonds. The van der Waals surface area contributed by atoms with E-state index in [1.165, 1.54) is 5.06 Å². The maximum absolute atomic E-state index is 13.0. The summed E-state index contributed by atoms with van der Waals surface area (Å²) in [4.78, 5) is 27.8. The summed E-state index contributed by atoms with van der Waals surface area (Å²) < 4.78 is 1.89. The first kappa shape index (κ1) is 19.3. The van der Waals surface area contributed by atoms with Crippen LogP contribution in [0.4, 0.5) is 10.5 Å². The van der Waals surface area contributed by atoms with Crippen molar-refractivity contribution in [3.63, 3.8) is 0 Å². The van der Waals surface area contributed by atoms with Crippen molar-refractivity contribution in [3.8, 4) is 11.3 Å². The minimum atomic E-state index is -0.276. The Morgan fingerprint density at radius 1 is 1.13 bits per heavy atom. The van der Waals surface area contributed by atoms with Crippen molar-refractivity contribution in [2.24, 2.45) is 7.05 Å². The molecule has 1 atom stereocenters. The molecule has 0 unspecified atom stereocenters. The fourth-order valence-corrected chi connectivity index (χ4v) is 3.90. The number of anilines is 1. The van der Waals surface area contributed by atoms with Gasteiger partial charge in [0.05, 0.1) is 24.7 Å². The van der Waals surface area contributed by atoms with Gasteiger partial charge in [-0.05, 0) is 36.2 Å². The van der Waals surface area contributed by atoms with Gasteiger partial charge in [-0.3, -0.25) is 4.84 Å². The summed E-state index contributed by atoms with van der Waals surface area (Å²) in [7, 11) is 1.92. The van der Waals surface area contributed by atoms with Crippen LogP contribution in [0.25, 0.3) is 22.4 Å². The van der Waals surface area contributed by atoms with E-state index >= 15 is 0 Å². The van der Waals surface area contributed by atoms with E-state index in [9.17, 15) is 4.79 Å². The van der Waals surface area contributed by atoms with Gasteiger partial charge in [0.2, 0.25) is 0 Å². The number of benzene rings is 2. The summed E-state index contributed by atoms with van der Waals surface area (Å²) in [5.74, 6) is 0. The van der Waals surface area contributed by atoms with Gasteiger partial charge in [-0.1, -0.05) is 42.5 Å². The van der Waals surface area contributed by atoms with Crippen molar-refractivity contribution in [3.05, 3.63) is 78.1 Å². The van der Waals surface area contributed by atoms with Gasteiger partial charge in [0, 0.05) is 24.7 Å². The highest BCUT2D eigenvalue weighted by Crippen LogP contribution is 2.32. The van der Waals surface area contributed by atoms with Gasteiger partial charge < -0.3 is 9.88 Å². The molecular weight excluding hydrogens is 390 g/mol. The molecule has 0 saturated carbocycles. The number of carbonyl (C=O) groups is 1. The predicted octanol–water partition coefficient (Wildman–Crippen LogP) is 4.85. The lowest BCUT2D eigenvalue weighted by Crippen LogP contribution is -2.33. The maximum atomic E-state index is 13.0. The quantitative estimate of drug-likeness (QED) is 0.521. The summed E-state index contributed by atoms with van der Waals surface area (Å²) in [6.07, 6.45) is 2.52. The fourth-order valence-electron chi connectivity index (χ4n) is 3.90. The molecule has 0 bridgehead atoms. The summed E-state index contributed by atoms with van der Waals surface area (Å²) in [5.41, 5.74) is 6.18. The second-order valence-electron chi connectivity index (χ2n) is 7.73. The monoisotopic (exact) mass is 413 g/mol. The largest absolute Gasteiger partial charge is 0.346 e. The van der Waals surface area contributed by atoms with Gasteiger partial charge in [-0.25, -0.2) is 14.8 Å². The zero-order valence-electron chi connectivity index (χ0n) is 17.4. The molecule has 0 aliphatic carbocycles. The minimum Gasteiger partial charge on any atom is -0.318 e. The summed E-state index contributed by atoms with van der Waals surface area (Å²) in [6.45, 7) is 2.48. The Morgan fingerprint density at radius 2 is 1.97 bits per heavy atom. The van der Waals surface area contributed by atoms with Crippen LogP contribution in [0.5, 0.6) is 0 Å². The van der Waals surface area contributed by atoms with Gasteiger partial charge in [0.25, 0.3) is 0 Å². The number of nitrogens with zero attached hydrogens (tertiary/aromatic N) is 4. The molecule has 1 aliphatic rings. The highest BCUT2D eigenvalue weighted by Gasteiger charge is 2.32. The zero-order valence-corrected chi connectivity index (χ0v) is 17.4. The third-order valence-electron chi connectivity index (χ3n) is 5.62. The minimum absolute atomic E-state index is 0.0985. The standard InChI is InChI=1S/C24H23N5O2/c1-16-8-9-18(19-10-11-20-23(26-19)28(2)15-25-20)14-21(16)27-24(30)29-22(12-13-31-29)17-6-4-3-5-7-17/h3-11,14-15,22H,12-13H2,1-2H3,(H,27,30)/t22-/m0/s1. The number of nitrogens with one attached hydrogen (secondary N) is 1. The lowest BCUT2D eigenvalue weighted by Gasteiger charge is -2.23. The van der Waals surface area contributed by atoms with Crippen molar-refractivity contribution in [2.75, 3.05) is 11.9 Å². The van der Waals surface area contributed by atoms with Crippen LogP contribution < -0.4 is 5.32 Å². The Hall–Kier alpha value is -3.71. The van der Waals surface area contributed by atoms with Crippen molar-refractivity contribution in [1.82, 2.24) is 19.6 Å². The first-order valence-corrected chi connectivity index (χ1v) is 10.3. The van der Waals surface area contributed by atoms with Gasteiger partial charge in [-0.2, -0.15) is 5.06 Å². The first-order valence-electron chi connectivity index (χ1n) is 10.3. The Bertz CT molecular complexity index is 1250. The lowest BCUT2D eigenvalue weighted by molar-refractivity contribution is -0.0829. The van der Waals surface area contributed by atoms with Gasteiger partial charge in [-0.15, -0.1) is 0 Å². The number of aryl methyl sites for hydroxylation is 2. The van der Waals surface area contributed by atoms with Crippen molar-refractivity contribution in [2.45, 2.75) is 19.4 Å². The van der Waals surface area contributed by atoms with E-state index in [-0.39, 0.29) is 12.1 Å². The average Bonchev–Trinajstić information content (AvgIpc) is 3.43. The fraction of sp³-hybridized carbons (Fsp3) is 0.208. The summed E-state index contributed by atoms with van der Waals surface area (Å²) >= 11 is 0. The molecule has 1 N–H and O–H groups in total. The van der Waals surface area contributed by atoms with Gasteiger partial charge in [0.15, 0.2) is 5.65 Å². The number of rotatable bonds is 3. The second-order valence-corrected chi connectivity index (χ2v) is 7.73. The predicted molar refractivity (Wildman–Crippen MR) is 119 cm³/mol. The van der Waals surface area contributed by atoms with Gasteiger partial charge >= 0.3 is 6.03 Å². The molecule has 2 aromatic carbocycles.